The van der Waals surface area contributed by atoms with Gasteiger partial charge in [-0.2, -0.15) is 15.8 Å². The molecule has 0 bridgehead atoms. The standard InChI is InChI=1S/C7H2N6/c8-1-6(2-9)4-13-5-11-7(3-10)12-13/h4-5H. The second-order valence-corrected chi connectivity index (χ2v) is 1.93. The SMILES string of the molecule is N#CC(C#N)=Cn1cnc(C#N)n1. The summed E-state index contributed by atoms with van der Waals surface area (Å²) in [5.41, 5.74) is -0.102. The Morgan fingerprint density at radius 3 is 2.54 bits per heavy atom. The molecule has 0 saturated heterocycles. The Morgan fingerprint density at radius 2 is 2.08 bits per heavy atom. The van der Waals surface area contributed by atoms with Crippen LogP contribution in [-0.2, 0) is 0 Å². The van der Waals surface area contributed by atoms with Crippen LogP contribution in [0.3, 0.4) is 0 Å². The topological polar surface area (TPSA) is 102 Å². The second-order valence-electron chi connectivity index (χ2n) is 1.93. The van der Waals surface area contributed by atoms with E-state index in [-0.39, 0.29) is 11.4 Å². The monoisotopic (exact) mass is 170 g/mol. The summed E-state index contributed by atoms with van der Waals surface area (Å²) < 4.78 is 1.14. The van der Waals surface area contributed by atoms with Crippen LogP contribution in [0.15, 0.2) is 11.9 Å². The van der Waals surface area contributed by atoms with E-state index in [1.54, 1.807) is 18.2 Å². The van der Waals surface area contributed by atoms with Gasteiger partial charge in [0.1, 0.15) is 30.1 Å². The van der Waals surface area contributed by atoms with Gasteiger partial charge >= 0.3 is 0 Å². The van der Waals surface area contributed by atoms with Crippen molar-refractivity contribution < 1.29 is 0 Å². The molecule has 0 aliphatic heterocycles. The first-order valence-electron chi connectivity index (χ1n) is 3.13. The minimum atomic E-state index is -0.102. The largest absolute Gasteiger partial charge is 0.252 e. The molecule has 1 heterocycles. The van der Waals surface area contributed by atoms with E-state index < -0.39 is 0 Å². The van der Waals surface area contributed by atoms with Crippen LogP contribution in [-0.4, -0.2) is 14.8 Å². The van der Waals surface area contributed by atoms with Gasteiger partial charge < -0.3 is 0 Å². The third-order valence-corrected chi connectivity index (χ3v) is 1.11. The van der Waals surface area contributed by atoms with Crippen LogP contribution in [0.25, 0.3) is 6.20 Å². The van der Waals surface area contributed by atoms with Gasteiger partial charge in [-0.15, -0.1) is 5.10 Å². The summed E-state index contributed by atoms with van der Waals surface area (Å²) >= 11 is 0. The molecule has 1 rings (SSSR count). The predicted molar refractivity (Wildman–Crippen MR) is 40.2 cm³/mol. The number of hydrogen-bond acceptors (Lipinski definition) is 5. The molecule has 0 aliphatic rings. The van der Waals surface area contributed by atoms with Crippen molar-refractivity contribution in [1.29, 1.82) is 15.8 Å². The maximum Gasteiger partial charge on any atom is 0.252 e. The molecule has 0 spiro atoms. The fraction of sp³-hybridized carbons (Fsp3) is 0. The maximum absolute atomic E-state index is 8.38. The molecule has 0 saturated carbocycles. The van der Waals surface area contributed by atoms with Crippen LogP contribution in [0.5, 0.6) is 0 Å². The summed E-state index contributed by atoms with van der Waals surface area (Å²) in [6.45, 7) is 0. The predicted octanol–water partition coefficient (Wildman–Crippen LogP) is 0.0378. The molecule has 1 aromatic heterocycles. The Labute approximate surface area is 73.6 Å². The smallest absolute Gasteiger partial charge is 0.225 e. The van der Waals surface area contributed by atoms with Crippen molar-refractivity contribution >= 4 is 6.20 Å². The molecule has 0 radical (unpaired) electrons. The molecule has 0 aromatic carbocycles. The normalized spacial score (nSPS) is 7.77. The summed E-state index contributed by atoms with van der Waals surface area (Å²) in [6.07, 6.45) is 2.43. The van der Waals surface area contributed by atoms with Crippen molar-refractivity contribution in [2.75, 3.05) is 0 Å². The highest BCUT2D eigenvalue weighted by molar-refractivity contribution is 5.48. The molecule has 13 heavy (non-hydrogen) atoms. The molecule has 0 aliphatic carbocycles. The van der Waals surface area contributed by atoms with E-state index in [0.29, 0.717) is 0 Å². The van der Waals surface area contributed by atoms with Crippen molar-refractivity contribution in [2.45, 2.75) is 0 Å². The average molecular weight is 170 g/mol. The summed E-state index contributed by atoms with van der Waals surface area (Å²) in [6, 6.07) is 5.03. The first-order chi connectivity index (χ1) is 6.30. The third kappa shape index (κ3) is 1.89. The summed E-state index contributed by atoms with van der Waals surface area (Å²) in [4.78, 5) is 3.58. The van der Waals surface area contributed by atoms with E-state index in [4.69, 9.17) is 15.8 Å². The van der Waals surface area contributed by atoms with E-state index in [1.807, 2.05) is 0 Å². The Bertz CT molecular complexity index is 444. The van der Waals surface area contributed by atoms with E-state index in [1.165, 1.54) is 12.5 Å². The Kier molecular flexibility index (Phi) is 2.38. The lowest BCUT2D eigenvalue weighted by Crippen LogP contribution is -1.89. The van der Waals surface area contributed by atoms with Crippen LogP contribution in [0.2, 0.25) is 0 Å². The lowest BCUT2D eigenvalue weighted by Gasteiger charge is -1.85. The molecule has 0 amide bonds. The fourth-order valence-corrected chi connectivity index (χ4v) is 0.603. The Morgan fingerprint density at radius 1 is 1.38 bits per heavy atom. The highest BCUT2D eigenvalue weighted by Crippen LogP contribution is 1.94. The van der Waals surface area contributed by atoms with Gasteiger partial charge in [-0.25, -0.2) is 9.67 Å². The summed E-state index contributed by atoms with van der Waals surface area (Å²) in [5.74, 6) is -0.00789. The number of hydrogen-bond donors (Lipinski definition) is 0. The van der Waals surface area contributed by atoms with E-state index in [9.17, 15) is 0 Å². The van der Waals surface area contributed by atoms with Crippen molar-refractivity contribution in [2.24, 2.45) is 0 Å². The van der Waals surface area contributed by atoms with Gasteiger partial charge in [-0.3, -0.25) is 0 Å². The lowest BCUT2D eigenvalue weighted by atomic mass is 10.4. The van der Waals surface area contributed by atoms with E-state index in [0.717, 1.165) is 4.68 Å². The zero-order valence-corrected chi connectivity index (χ0v) is 6.34. The molecule has 60 valence electrons. The van der Waals surface area contributed by atoms with Crippen molar-refractivity contribution in [1.82, 2.24) is 14.8 Å². The fourth-order valence-electron chi connectivity index (χ4n) is 0.603. The van der Waals surface area contributed by atoms with Gasteiger partial charge in [-0.05, 0) is 0 Å². The van der Waals surface area contributed by atoms with Crippen molar-refractivity contribution in [3.63, 3.8) is 0 Å². The number of aromatic nitrogens is 3. The van der Waals surface area contributed by atoms with Gasteiger partial charge in [-0.1, -0.05) is 0 Å². The zero-order chi connectivity index (χ0) is 9.68. The summed E-state index contributed by atoms with van der Waals surface area (Å²) in [7, 11) is 0. The summed E-state index contributed by atoms with van der Waals surface area (Å²) in [5, 5.41) is 28.8. The highest BCUT2D eigenvalue weighted by atomic mass is 15.3. The van der Waals surface area contributed by atoms with Crippen LogP contribution in [0, 0.1) is 34.0 Å². The lowest BCUT2D eigenvalue weighted by molar-refractivity contribution is 0.923. The molecule has 0 atom stereocenters. The number of nitrogens with zero attached hydrogens (tertiary/aromatic N) is 6. The molecular formula is C7H2N6. The minimum absolute atomic E-state index is 0.00789. The number of allylic oxidation sites excluding steroid dienone is 1. The van der Waals surface area contributed by atoms with Crippen LogP contribution >= 0.6 is 0 Å². The van der Waals surface area contributed by atoms with Gasteiger partial charge in [0.2, 0.25) is 0 Å². The molecule has 0 N–H and O–H groups in total. The maximum atomic E-state index is 8.38. The molecular weight excluding hydrogens is 168 g/mol. The van der Waals surface area contributed by atoms with Gasteiger partial charge in [0.05, 0.1) is 6.20 Å². The molecule has 6 nitrogen and oxygen atoms in total. The molecule has 1 aromatic rings. The minimum Gasteiger partial charge on any atom is -0.225 e. The van der Waals surface area contributed by atoms with Gasteiger partial charge in [0.25, 0.3) is 5.82 Å². The van der Waals surface area contributed by atoms with Gasteiger partial charge in [0, 0.05) is 0 Å². The molecule has 0 fully saturated rings. The second kappa shape index (κ2) is 3.66. The Hall–Kier alpha value is -2.65. The molecule has 6 heteroatoms. The highest BCUT2D eigenvalue weighted by Gasteiger charge is 1.97. The molecule has 0 unspecified atom stereocenters. The zero-order valence-electron chi connectivity index (χ0n) is 6.34. The number of nitriles is 3. The average Bonchev–Trinajstić information content (AvgIpc) is 2.61. The van der Waals surface area contributed by atoms with Crippen LogP contribution < -0.4 is 0 Å². The third-order valence-electron chi connectivity index (χ3n) is 1.11. The van der Waals surface area contributed by atoms with Gasteiger partial charge in [0.15, 0.2) is 0 Å². The Balaban J connectivity index is 3.01. The van der Waals surface area contributed by atoms with Crippen LogP contribution in [0.1, 0.15) is 5.82 Å². The first-order valence-corrected chi connectivity index (χ1v) is 3.13. The van der Waals surface area contributed by atoms with Crippen LogP contribution in [0.4, 0.5) is 0 Å². The van der Waals surface area contributed by atoms with Crippen molar-refractivity contribution in [3.05, 3.63) is 17.7 Å². The van der Waals surface area contributed by atoms with E-state index >= 15 is 0 Å². The van der Waals surface area contributed by atoms with E-state index in [2.05, 4.69) is 10.1 Å². The quantitative estimate of drug-likeness (QED) is 0.553. The number of rotatable bonds is 1. The van der Waals surface area contributed by atoms with Crippen molar-refractivity contribution in [3.8, 4) is 18.2 Å². The first kappa shape index (κ1) is 8.45.